The van der Waals surface area contributed by atoms with Gasteiger partial charge in [0.25, 0.3) is 5.16 Å². The van der Waals surface area contributed by atoms with E-state index in [1.165, 1.54) is 12.5 Å². The van der Waals surface area contributed by atoms with Gasteiger partial charge in [-0.25, -0.2) is 9.97 Å². The SMILES string of the molecule is COS(=O)(=O)c1nccc(-n2ccnc2)n1. The molecule has 0 aliphatic heterocycles. The molecule has 0 aromatic carbocycles. The van der Waals surface area contributed by atoms with Gasteiger partial charge in [-0.3, -0.25) is 8.75 Å². The molecular formula is C8H8N4O3S. The fourth-order valence-electron chi connectivity index (χ4n) is 1.07. The maximum Gasteiger partial charge on any atom is 0.332 e. The van der Waals surface area contributed by atoms with Gasteiger partial charge in [0, 0.05) is 18.6 Å². The Morgan fingerprint density at radius 2 is 2.19 bits per heavy atom. The van der Waals surface area contributed by atoms with Gasteiger partial charge < -0.3 is 0 Å². The van der Waals surface area contributed by atoms with Crippen LogP contribution in [0.15, 0.2) is 36.1 Å². The molecule has 2 heterocycles. The first-order chi connectivity index (χ1) is 7.63. The monoisotopic (exact) mass is 240 g/mol. The van der Waals surface area contributed by atoms with Crippen molar-refractivity contribution >= 4 is 10.1 Å². The van der Waals surface area contributed by atoms with Gasteiger partial charge in [0.15, 0.2) is 0 Å². The van der Waals surface area contributed by atoms with E-state index in [2.05, 4.69) is 19.1 Å². The third-order valence-corrected chi connectivity index (χ3v) is 2.91. The van der Waals surface area contributed by atoms with Crippen molar-refractivity contribution in [3.63, 3.8) is 0 Å². The Hall–Kier alpha value is -1.80. The molecule has 0 radical (unpaired) electrons. The minimum absolute atomic E-state index is 0.374. The summed E-state index contributed by atoms with van der Waals surface area (Å²) in [5.41, 5.74) is 0. The van der Waals surface area contributed by atoms with Crippen molar-refractivity contribution in [1.29, 1.82) is 0 Å². The molecule has 0 saturated carbocycles. The first-order valence-electron chi connectivity index (χ1n) is 4.25. The van der Waals surface area contributed by atoms with E-state index in [0.717, 1.165) is 7.11 Å². The van der Waals surface area contributed by atoms with Crippen LogP contribution in [0.3, 0.4) is 0 Å². The predicted molar refractivity (Wildman–Crippen MR) is 53.3 cm³/mol. The fourth-order valence-corrected chi connectivity index (χ4v) is 1.61. The van der Waals surface area contributed by atoms with E-state index in [4.69, 9.17) is 0 Å². The first kappa shape index (κ1) is 10.7. The summed E-state index contributed by atoms with van der Waals surface area (Å²) in [7, 11) is -2.81. The van der Waals surface area contributed by atoms with Crippen LogP contribution in [0.4, 0.5) is 0 Å². The summed E-state index contributed by atoms with van der Waals surface area (Å²) in [6.07, 6.45) is 6.05. The van der Waals surface area contributed by atoms with Crippen LogP contribution in [0, 0.1) is 0 Å². The van der Waals surface area contributed by atoms with E-state index < -0.39 is 10.1 Å². The molecule has 0 amide bonds. The molecule has 84 valence electrons. The Kier molecular flexibility index (Phi) is 2.67. The number of imidazole rings is 1. The van der Waals surface area contributed by atoms with Crippen LogP contribution in [0.2, 0.25) is 0 Å². The zero-order chi connectivity index (χ0) is 11.6. The molecule has 7 nitrogen and oxygen atoms in total. The lowest BCUT2D eigenvalue weighted by atomic mass is 10.6. The second kappa shape index (κ2) is 3.99. The lowest BCUT2D eigenvalue weighted by Crippen LogP contribution is -2.09. The third kappa shape index (κ3) is 1.92. The molecule has 0 atom stereocenters. The summed E-state index contributed by atoms with van der Waals surface area (Å²) in [5, 5.41) is -0.374. The lowest BCUT2D eigenvalue weighted by Gasteiger charge is -2.03. The van der Waals surface area contributed by atoms with Crippen LogP contribution in [0.1, 0.15) is 0 Å². The number of hydrogen-bond donors (Lipinski definition) is 0. The molecule has 0 aliphatic rings. The highest BCUT2D eigenvalue weighted by atomic mass is 32.2. The molecular weight excluding hydrogens is 232 g/mol. The molecule has 0 aliphatic carbocycles. The highest BCUT2D eigenvalue weighted by molar-refractivity contribution is 7.86. The molecule has 8 heteroatoms. The third-order valence-electron chi connectivity index (χ3n) is 1.83. The van der Waals surface area contributed by atoms with Gasteiger partial charge >= 0.3 is 10.1 Å². The van der Waals surface area contributed by atoms with E-state index in [-0.39, 0.29) is 5.16 Å². The second-order valence-electron chi connectivity index (χ2n) is 2.79. The van der Waals surface area contributed by atoms with Crippen LogP contribution in [0.5, 0.6) is 0 Å². The fraction of sp³-hybridized carbons (Fsp3) is 0.125. The van der Waals surface area contributed by atoms with Crippen LogP contribution >= 0.6 is 0 Å². The molecule has 0 unspecified atom stereocenters. The number of aromatic nitrogens is 4. The summed E-state index contributed by atoms with van der Waals surface area (Å²) in [6.45, 7) is 0. The highest BCUT2D eigenvalue weighted by Crippen LogP contribution is 2.08. The van der Waals surface area contributed by atoms with Crippen molar-refractivity contribution in [2.24, 2.45) is 0 Å². The van der Waals surface area contributed by atoms with E-state index in [0.29, 0.717) is 5.82 Å². The molecule has 0 bridgehead atoms. The summed E-state index contributed by atoms with van der Waals surface area (Å²) >= 11 is 0. The van der Waals surface area contributed by atoms with Gasteiger partial charge in [-0.2, -0.15) is 13.4 Å². The van der Waals surface area contributed by atoms with Gasteiger partial charge in [-0.1, -0.05) is 0 Å². The quantitative estimate of drug-likeness (QED) is 0.554. The minimum atomic E-state index is -3.87. The van der Waals surface area contributed by atoms with Crippen molar-refractivity contribution in [3.05, 3.63) is 31.0 Å². The van der Waals surface area contributed by atoms with E-state index in [1.807, 2.05) is 0 Å². The largest absolute Gasteiger partial charge is 0.332 e. The summed E-state index contributed by atoms with van der Waals surface area (Å²) in [5.74, 6) is 0.406. The number of nitrogens with zero attached hydrogens (tertiary/aromatic N) is 4. The minimum Gasteiger partial charge on any atom is -0.290 e. The summed E-state index contributed by atoms with van der Waals surface area (Å²) < 4.78 is 28.6. The Balaban J connectivity index is 2.50. The molecule has 0 saturated heterocycles. The smallest absolute Gasteiger partial charge is 0.290 e. The Bertz CT molecular complexity index is 579. The van der Waals surface area contributed by atoms with Crippen LogP contribution in [0.25, 0.3) is 5.82 Å². The van der Waals surface area contributed by atoms with E-state index in [1.54, 1.807) is 23.0 Å². The average Bonchev–Trinajstić information content (AvgIpc) is 2.83. The maximum atomic E-state index is 11.4. The molecule has 16 heavy (non-hydrogen) atoms. The number of hydrogen-bond acceptors (Lipinski definition) is 6. The van der Waals surface area contributed by atoms with Crippen molar-refractivity contribution in [2.45, 2.75) is 5.16 Å². The van der Waals surface area contributed by atoms with Crippen molar-refractivity contribution < 1.29 is 12.6 Å². The van der Waals surface area contributed by atoms with Gasteiger partial charge in [-0.05, 0) is 6.07 Å². The Labute approximate surface area is 91.9 Å². The normalized spacial score (nSPS) is 11.6. The molecule has 2 aromatic heterocycles. The second-order valence-corrected chi connectivity index (χ2v) is 4.39. The highest BCUT2D eigenvalue weighted by Gasteiger charge is 2.17. The molecule has 0 spiro atoms. The van der Waals surface area contributed by atoms with E-state index >= 15 is 0 Å². The zero-order valence-corrected chi connectivity index (χ0v) is 9.13. The molecule has 2 aromatic rings. The molecule has 0 N–H and O–H groups in total. The first-order valence-corrected chi connectivity index (χ1v) is 5.66. The van der Waals surface area contributed by atoms with Gasteiger partial charge in [0.1, 0.15) is 12.1 Å². The zero-order valence-electron chi connectivity index (χ0n) is 8.31. The Morgan fingerprint density at radius 1 is 1.38 bits per heavy atom. The molecule has 2 rings (SSSR count). The lowest BCUT2D eigenvalue weighted by molar-refractivity contribution is 0.391. The van der Waals surface area contributed by atoms with Crippen LogP contribution in [-0.4, -0.2) is 35.0 Å². The maximum absolute atomic E-state index is 11.4. The topological polar surface area (TPSA) is 87.0 Å². The summed E-state index contributed by atoms with van der Waals surface area (Å²) in [4.78, 5) is 11.3. The standard InChI is InChI=1S/C8H8N4O3S/c1-15-16(13,14)8-10-3-2-7(11-8)12-5-4-9-6-12/h2-6H,1H3. The molecule has 0 fully saturated rings. The van der Waals surface area contributed by atoms with Gasteiger partial charge in [0.05, 0.1) is 7.11 Å². The summed E-state index contributed by atoms with van der Waals surface area (Å²) in [6, 6.07) is 1.57. The van der Waals surface area contributed by atoms with Gasteiger partial charge in [0.2, 0.25) is 0 Å². The van der Waals surface area contributed by atoms with Crippen molar-refractivity contribution in [1.82, 2.24) is 19.5 Å². The number of rotatable bonds is 3. The van der Waals surface area contributed by atoms with Crippen molar-refractivity contribution in [2.75, 3.05) is 7.11 Å². The van der Waals surface area contributed by atoms with Gasteiger partial charge in [-0.15, -0.1) is 0 Å². The Morgan fingerprint density at radius 3 is 2.81 bits per heavy atom. The van der Waals surface area contributed by atoms with Crippen LogP contribution < -0.4 is 0 Å². The van der Waals surface area contributed by atoms with Crippen LogP contribution in [-0.2, 0) is 14.3 Å². The van der Waals surface area contributed by atoms with E-state index in [9.17, 15) is 8.42 Å². The predicted octanol–water partition coefficient (Wildman–Crippen LogP) is -0.00260. The van der Waals surface area contributed by atoms with Crippen molar-refractivity contribution in [3.8, 4) is 5.82 Å². The average molecular weight is 240 g/mol.